The number of carbonyl (C=O) groups excluding carboxylic acids is 1. The Balaban J connectivity index is 2.39. The van der Waals surface area contributed by atoms with Gasteiger partial charge in [0.25, 0.3) is 0 Å². The summed E-state index contributed by atoms with van der Waals surface area (Å²) in [5.74, 6) is 1.28. The van der Waals surface area contributed by atoms with E-state index in [9.17, 15) is 4.79 Å². The fourth-order valence-corrected chi connectivity index (χ4v) is 2.52. The van der Waals surface area contributed by atoms with Gasteiger partial charge in [-0.3, -0.25) is 9.69 Å². The number of hydrogen-bond acceptors (Lipinski definition) is 2. The van der Waals surface area contributed by atoms with Crippen molar-refractivity contribution in [3.05, 3.63) is 0 Å². The fraction of sp³-hybridized carbons (Fsp3) is 0.933. The Morgan fingerprint density at radius 1 is 1.24 bits per heavy atom. The molecule has 0 saturated carbocycles. The topological polar surface area (TPSA) is 20.3 Å². The summed E-state index contributed by atoms with van der Waals surface area (Å²) in [5.41, 5.74) is -0.185. The standard InChI is InChI=1S/C15H29NO/c1-5-7-13-8-6-10-16(11-9-13)12-14(17)15(2,3)4/h13H,5-12H2,1-4H3. The molecule has 0 radical (unpaired) electrons. The van der Waals surface area contributed by atoms with Gasteiger partial charge >= 0.3 is 0 Å². The van der Waals surface area contributed by atoms with Gasteiger partial charge in [-0.25, -0.2) is 0 Å². The van der Waals surface area contributed by atoms with E-state index in [1.54, 1.807) is 0 Å². The third-order valence-electron chi connectivity index (χ3n) is 3.84. The maximum absolute atomic E-state index is 12.0. The third-order valence-corrected chi connectivity index (χ3v) is 3.84. The Bertz CT molecular complexity index is 242. The second-order valence-electron chi connectivity index (χ2n) is 6.53. The number of likely N-dealkylation sites (tertiary alicyclic amines) is 1. The zero-order valence-corrected chi connectivity index (χ0v) is 12.1. The van der Waals surface area contributed by atoms with Gasteiger partial charge in [-0.05, 0) is 38.3 Å². The molecule has 0 spiro atoms. The van der Waals surface area contributed by atoms with Crippen molar-refractivity contribution in [2.75, 3.05) is 19.6 Å². The summed E-state index contributed by atoms with van der Waals surface area (Å²) < 4.78 is 0. The second-order valence-corrected chi connectivity index (χ2v) is 6.53. The van der Waals surface area contributed by atoms with E-state index in [1.807, 2.05) is 20.8 Å². The van der Waals surface area contributed by atoms with Crippen LogP contribution in [0.25, 0.3) is 0 Å². The van der Waals surface area contributed by atoms with Crippen molar-refractivity contribution < 1.29 is 4.79 Å². The first-order valence-corrected chi connectivity index (χ1v) is 7.19. The zero-order chi connectivity index (χ0) is 12.9. The smallest absolute Gasteiger partial charge is 0.152 e. The zero-order valence-electron chi connectivity index (χ0n) is 12.1. The molecule has 0 aromatic carbocycles. The maximum Gasteiger partial charge on any atom is 0.152 e. The number of hydrogen-bond donors (Lipinski definition) is 0. The minimum atomic E-state index is -0.185. The van der Waals surface area contributed by atoms with Crippen LogP contribution in [0.2, 0.25) is 0 Å². The van der Waals surface area contributed by atoms with Gasteiger partial charge in [0.05, 0.1) is 6.54 Å². The maximum atomic E-state index is 12.0. The molecule has 1 rings (SSSR count). The molecule has 0 aromatic rings. The first-order chi connectivity index (χ1) is 7.93. The monoisotopic (exact) mass is 239 g/mol. The highest BCUT2D eigenvalue weighted by molar-refractivity contribution is 5.85. The molecule has 0 aromatic heterocycles. The van der Waals surface area contributed by atoms with Gasteiger partial charge in [0.15, 0.2) is 5.78 Å². The molecule has 17 heavy (non-hydrogen) atoms. The molecule has 1 fully saturated rings. The molecule has 100 valence electrons. The summed E-state index contributed by atoms with van der Waals surface area (Å²) in [7, 11) is 0. The average Bonchev–Trinajstić information content (AvgIpc) is 2.43. The molecule has 0 amide bonds. The van der Waals surface area contributed by atoms with Crippen molar-refractivity contribution in [2.45, 2.75) is 59.8 Å². The van der Waals surface area contributed by atoms with Crippen molar-refractivity contribution in [1.82, 2.24) is 4.90 Å². The number of carbonyl (C=O) groups is 1. The molecular formula is C15H29NO. The largest absolute Gasteiger partial charge is 0.298 e. The van der Waals surface area contributed by atoms with Crippen LogP contribution in [0.3, 0.4) is 0 Å². The van der Waals surface area contributed by atoms with Gasteiger partial charge in [0, 0.05) is 5.41 Å². The highest BCUT2D eigenvalue weighted by atomic mass is 16.1. The van der Waals surface area contributed by atoms with Crippen LogP contribution in [0.15, 0.2) is 0 Å². The minimum absolute atomic E-state index is 0.185. The molecule has 1 saturated heterocycles. The van der Waals surface area contributed by atoms with E-state index >= 15 is 0 Å². The summed E-state index contributed by atoms with van der Waals surface area (Å²) in [6.45, 7) is 11.2. The summed E-state index contributed by atoms with van der Waals surface area (Å²) >= 11 is 0. The number of nitrogens with zero attached hydrogens (tertiary/aromatic N) is 1. The molecule has 0 N–H and O–H groups in total. The normalized spacial score (nSPS) is 23.4. The first kappa shape index (κ1) is 14.7. The second kappa shape index (κ2) is 6.53. The number of Topliss-reactive ketones (excluding diaryl/α,β-unsaturated/α-hetero) is 1. The Labute approximate surface area is 107 Å². The van der Waals surface area contributed by atoms with Gasteiger partial charge in [0.2, 0.25) is 0 Å². The SMILES string of the molecule is CCCC1CCCN(CC(=O)C(C)(C)C)CC1. The molecule has 1 atom stereocenters. The van der Waals surface area contributed by atoms with Crippen LogP contribution in [0.5, 0.6) is 0 Å². The van der Waals surface area contributed by atoms with E-state index in [1.165, 1.54) is 32.1 Å². The lowest BCUT2D eigenvalue weighted by atomic mass is 9.90. The Kier molecular flexibility index (Phi) is 5.64. The summed E-state index contributed by atoms with van der Waals surface area (Å²) in [6, 6.07) is 0. The molecule has 1 aliphatic rings. The van der Waals surface area contributed by atoms with Crippen LogP contribution in [0.1, 0.15) is 59.8 Å². The quantitative estimate of drug-likeness (QED) is 0.748. The predicted octanol–water partition coefficient (Wildman–Crippen LogP) is 3.50. The Hall–Kier alpha value is -0.370. The van der Waals surface area contributed by atoms with E-state index in [2.05, 4.69) is 11.8 Å². The molecule has 1 heterocycles. The van der Waals surface area contributed by atoms with Crippen molar-refractivity contribution >= 4 is 5.78 Å². The molecule has 2 nitrogen and oxygen atoms in total. The third kappa shape index (κ3) is 5.20. The molecule has 1 aliphatic heterocycles. The highest BCUT2D eigenvalue weighted by Crippen LogP contribution is 2.23. The van der Waals surface area contributed by atoms with E-state index < -0.39 is 0 Å². The lowest BCUT2D eigenvalue weighted by Crippen LogP contribution is -2.36. The highest BCUT2D eigenvalue weighted by Gasteiger charge is 2.24. The van der Waals surface area contributed by atoms with E-state index in [-0.39, 0.29) is 5.41 Å². The molecule has 0 bridgehead atoms. The van der Waals surface area contributed by atoms with Crippen molar-refractivity contribution in [1.29, 1.82) is 0 Å². The van der Waals surface area contributed by atoms with E-state index in [4.69, 9.17) is 0 Å². The number of rotatable bonds is 4. The van der Waals surface area contributed by atoms with Crippen LogP contribution < -0.4 is 0 Å². The molecule has 2 heteroatoms. The first-order valence-electron chi connectivity index (χ1n) is 7.19. The summed E-state index contributed by atoms with van der Waals surface area (Å²) in [4.78, 5) is 14.4. The van der Waals surface area contributed by atoms with Crippen LogP contribution in [-0.2, 0) is 4.79 Å². The lowest BCUT2D eigenvalue weighted by Gasteiger charge is -2.24. The van der Waals surface area contributed by atoms with Crippen LogP contribution in [0, 0.1) is 11.3 Å². The Morgan fingerprint density at radius 2 is 1.94 bits per heavy atom. The van der Waals surface area contributed by atoms with Crippen LogP contribution in [-0.4, -0.2) is 30.3 Å². The molecule has 0 aliphatic carbocycles. The lowest BCUT2D eigenvalue weighted by molar-refractivity contribution is -0.127. The van der Waals surface area contributed by atoms with Crippen LogP contribution in [0.4, 0.5) is 0 Å². The van der Waals surface area contributed by atoms with E-state index in [0.29, 0.717) is 12.3 Å². The van der Waals surface area contributed by atoms with Crippen molar-refractivity contribution in [2.24, 2.45) is 11.3 Å². The van der Waals surface area contributed by atoms with Gasteiger partial charge in [0.1, 0.15) is 0 Å². The van der Waals surface area contributed by atoms with E-state index in [0.717, 1.165) is 19.0 Å². The Morgan fingerprint density at radius 3 is 2.53 bits per heavy atom. The van der Waals surface area contributed by atoms with Gasteiger partial charge in [-0.1, -0.05) is 40.5 Å². The van der Waals surface area contributed by atoms with Crippen LogP contribution >= 0.6 is 0 Å². The molecular weight excluding hydrogens is 210 g/mol. The number of ketones is 1. The minimum Gasteiger partial charge on any atom is -0.298 e. The van der Waals surface area contributed by atoms with Gasteiger partial charge < -0.3 is 0 Å². The average molecular weight is 239 g/mol. The molecule has 1 unspecified atom stereocenters. The van der Waals surface area contributed by atoms with Crippen molar-refractivity contribution in [3.8, 4) is 0 Å². The fourth-order valence-electron chi connectivity index (χ4n) is 2.52. The van der Waals surface area contributed by atoms with Crippen molar-refractivity contribution in [3.63, 3.8) is 0 Å². The summed E-state index contributed by atoms with van der Waals surface area (Å²) in [5, 5.41) is 0. The summed E-state index contributed by atoms with van der Waals surface area (Å²) in [6.07, 6.45) is 6.56. The predicted molar refractivity (Wildman–Crippen MR) is 73.2 cm³/mol. The van der Waals surface area contributed by atoms with Gasteiger partial charge in [-0.15, -0.1) is 0 Å². The van der Waals surface area contributed by atoms with Gasteiger partial charge in [-0.2, -0.15) is 0 Å².